The van der Waals surface area contributed by atoms with E-state index in [1.165, 1.54) is 16.2 Å². The summed E-state index contributed by atoms with van der Waals surface area (Å²) in [6.45, 7) is -3.43. The highest BCUT2D eigenvalue weighted by Crippen LogP contribution is 2.48. The van der Waals surface area contributed by atoms with E-state index in [1.807, 2.05) is 23.1 Å². The number of para-hydroxylation sites is 1. The van der Waals surface area contributed by atoms with E-state index in [1.54, 1.807) is 0 Å². The van der Waals surface area contributed by atoms with Crippen LogP contribution in [0.15, 0.2) is 194 Å². The van der Waals surface area contributed by atoms with E-state index in [2.05, 4.69) is 174 Å². The van der Waals surface area contributed by atoms with Crippen LogP contribution in [-0.4, -0.2) is 11.3 Å². The largest absolute Gasteiger partial charge is 0.330 e. The van der Waals surface area contributed by atoms with Crippen LogP contribution in [0.25, 0.3) is 75.5 Å². The second-order valence-corrected chi connectivity index (χ2v) is 16.8. The monoisotopic (exact) mass is 793 g/mol. The third kappa shape index (κ3) is 4.40. The SMILES string of the molecule is [2H]c1c([2H])c(C([2H])([2H])[2H])c([2H])c2c1B1c3c(cccc3N(c3ccc4c5ccccc5c5ccccc5c4c3)c3c1c1ccccc1n3C)N2c1ccc2c3ccccc3c3ccccc3c2c1. The van der Waals surface area contributed by atoms with Gasteiger partial charge in [0, 0.05) is 45.1 Å². The number of fused-ring (bicyclic) bond motifs is 18. The Morgan fingerprint density at radius 3 is 1.40 bits per heavy atom. The lowest BCUT2D eigenvalue weighted by Crippen LogP contribution is -2.61. The van der Waals surface area contributed by atoms with Gasteiger partial charge in [0.25, 0.3) is 6.71 Å². The third-order valence-corrected chi connectivity index (χ3v) is 13.8. The first kappa shape index (κ1) is 28.6. The standard InChI is InChI=1S/C58H38BN3/c1-35-26-31-51-55(32-35)61(36-27-29-46-42-18-5-3-14-38(42)40-16-7-9-20-44(40)49(46)33-36)53-24-13-25-54-57(53)59(51)56-48-22-11-12-23-52(48)60(2)58(56)62(54)37-28-30-47-43-19-6-4-15-39(43)41-17-8-10-21-45(41)50(47)34-37/h3-34H,1-2H3/i1D3,26D,31D,32D. The number of nitrogens with zero attached hydrogens (tertiary/aromatic N) is 3. The molecule has 0 fully saturated rings. The van der Waals surface area contributed by atoms with Gasteiger partial charge in [-0.1, -0.05) is 146 Å². The van der Waals surface area contributed by atoms with Crippen LogP contribution in [0.2, 0.25) is 0 Å². The Bertz CT molecular complexity index is 4160. The highest BCUT2D eigenvalue weighted by Gasteiger charge is 2.45. The molecule has 0 spiro atoms. The van der Waals surface area contributed by atoms with Gasteiger partial charge in [-0.3, -0.25) is 4.90 Å². The normalized spacial score (nSPS) is 14.8. The van der Waals surface area contributed by atoms with Crippen molar-refractivity contribution in [3.05, 3.63) is 200 Å². The molecule has 12 aromatic rings. The van der Waals surface area contributed by atoms with E-state index in [4.69, 9.17) is 4.11 Å². The molecule has 2 aliphatic rings. The third-order valence-electron chi connectivity index (χ3n) is 13.8. The quantitative estimate of drug-likeness (QED) is 0.128. The Labute approximate surface area is 367 Å². The van der Waals surface area contributed by atoms with Crippen molar-refractivity contribution < 1.29 is 8.22 Å². The Morgan fingerprint density at radius 2 is 0.871 bits per heavy atom. The van der Waals surface area contributed by atoms with Crippen LogP contribution >= 0.6 is 0 Å². The van der Waals surface area contributed by atoms with Gasteiger partial charge in [-0.15, -0.1) is 0 Å². The fourth-order valence-corrected chi connectivity index (χ4v) is 11.2. The smallest absolute Gasteiger partial charge is 0.255 e. The lowest BCUT2D eigenvalue weighted by Gasteiger charge is -2.43. The van der Waals surface area contributed by atoms with Crippen molar-refractivity contribution >= 4 is 133 Å². The van der Waals surface area contributed by atoms with Gasteiger partial charge in [-0.25, -0.2) is 0 Å². The van der Waals surface area contributed by atoms with E-state index in [0.29, 0.717) is 11.2 Å². The summed E-state index contributed by atoms with van der Waals surface area (Å²) in [6.07, 6.45) is 0. The van der Waals surface area contributed by atoms with Crippen molar-refractivity contribution in [2.75, 3.05) is 9.80 Å². The zero-order chi connectivity index (χ0) is 45.9. The van der Waals surface area contributed by atoms with Crippen LogP contribution in [0.1, 0.15) is 13.8 Å². The molecule has 288 valence electrons. The molecule has 14 rings (SSSR count). The number of aromatic nitrogens is 1. The first-order valence-corrected chi connectivity index (χ1v) is 21.2. The van der Waals surface area contributed by atoms with Gasteiger partial charge in [0.1, 0.15) is 5.82 Å². The minimum Gasteiger partial charge on any atom is -0.330 e. The molecule has 0 unspecified atom stereocenters. The fraction of sp³-hybridized carbons (Fsp3) is 0.0345. The maximum Gasteiger partial charge on any atom is 0.255 e. The van der Waals surface area contributed by atoms with Crippen LogP contribution in [0.5, 0.6) is 0 Å². The van der Waals surface area contributed by atoms with Gasteiger partial charge in [-0.05, 0) is 147 Å². The van der Waals surface area contributed by atoms with Crippen LogP contribution < -0.4 is 26.2 Å². The average molecular weight is 794 g/mol. The van der Waals surface area contributed by atoms with Crippen LogP contribution in [-0.2, 0) is 7.05 Å². The molecule has 0 saturated carbocycles. The maximum atomic E-state index is 9.98. The summed E-state index contributed by atoms with van der Waals surface area (Å²) in [4.78, 5) is 4.36. The van der Waals surface area contributed by atoms with E-state index in [0.717, 1.165) is 98.9 Å². The molecule has 0 radical (unpaired) electrons. The molecule has 62 heavy (non-hydrogen) atoms. The molecule has 0 amide bonds. The minimum atomic E-state index is -2.81. The first-order chi connectivity index (χ1) is 33.1. The van der Waals surface area contributed by atoms with Crippen molar-refractivity contribution in [3.63, 3.8) is 0 Å². The molecule has 3 heterocycles. The Balaban J connectivity index is 1.12. The number of hydrogen-bond donors (Lipinski definition) is 0. The molecule has 1 aromatic heterocycles. The summed E-state index contributed by atoms with van der Waals surface area (Å²) in [5.41, 5.74) is 6.58. The Hall–Kier alpha value is -7.82. The maximum absolute atomic E-state index is 9.98. The molecule has 0 atom stereocenters. The average Bonchev–Trinajstić information content (AvgIpc) is 3.66. The molecule has 4 heteroatoms. The van der Waals surface area contributed by atoms with Gasteiger partial charge in [-0.2, -0.15) is 0 Å². The highest BCUT2D eigenvalue weighted by atomic mass is 15.3. The number of aryl methyl sites for hydroxylation is 1. The number of hydrogen-bond acceptors (Lipinski definition) is 2. The van der Waals surface area contributed by atoms with E-state index < -0.39 is 25.2 Å². The predicted molar refractivity (Wildman–Crippen MR) is 267 cm³/mol. The molecular weight excluding hydrogens is 749 g/mol. The molecular formula is C58H38BN3. The summed E-state index contributed by atoms with van der Waals surface area (Å²) in [7, 11) is 2.08. The van der Waals surface area contributed by atoms with Crippen molar-refractivity contribution in [1.29, 1.82) is 0 Å². The van der Waals surface area contributed by atoms with Crippen molar-refractivity contribution in [1.82, 2.24) is 4.57 Å². The topological polar surface area (TPSA) is 11.4 Å². The second kappa shape index (κ2) is 12.4. The molecule has 0 bridgehead atoms. The predicted octanol–water partition coefficient (Wildman–Crippen LogP) is 13.5. The van der Waals surface area contributed by atoms with Crippen LogP contribution in [0, 0.1) is 6.85 Å². The molecule has 11 aromatic carbocycles. The van der Waals surface area contributed by atoms with Crippen LogP contribution in [0.4, 0.5) is 34.3 Å². The summed E-state index contributed by atoms with van der Waals surface area (Å²) in [5, 5.41) is 14.6. The summed E-state index contributed by atoms with van der Waals surface area (Å²) in [5.74, 6) is 0.908. The Morgan fingerprint density at radius 1 is 0.419 bits per heavy atom. The van der Waals surface area contributed by atoms with E-state index in [-0.39, 0.29) is 12.1 Å². The van der Waals surface area contributed by atoms with Crippen LogP contribution in [0.3, 0.4) is 0 Å². The summed E-state index contributed by atoms with van der Waals surface area (Å²) < 4.78 is 57.7. The molecule has 3 nitrogen and oxygen atoms in total. The van der Waals surface area contributed by atoms with Gasteiger partial charge in [0.05, 0.1) is 4.11 Å². The molecule has 2 aliphatic heterocycles. The fourth-order valence-electron chi connectivity index (χ4n) is 11.2. The second-order valence-electron chi connectivity index (χ2n) is 16.8. The lowest BCUT2D eigenvalue weighted by molar-refractivity contribution is 0.951. The van der Waals surface area contributed by atoms with E-state index in [9.17, 15) is 4.11 Å². The molecule has 0 aliphatic carbocycles. The summed E-state index contributed by atoms with van der Waals surface area (Å²) in [6, 6.07) is 60.8. The highest BCUT2D eigenvalue weighted by molar-refractivity contribution is 7.01. The van der Waals surface area contributed by atoms with Crippen molar-refractivity contribution in [2.45, 2.75) is 6.85 Å². The van der Waals surface area contributed by atoms with E-state index >= 15 is 0 Å². The first-order valence-electron chi connectivity index (χ1n) is 24.2. The molecule has 0 N–H and O–H groups in total. The minimum absolute atomic E-state index is 0.189. The van der Waals surface area contributed by atoms with Gasteiger partial charge in [0.2, 0.25) is 0 Å². The number of anilines is 6. The van der Waals surface area contributed by atoms with Gasteiger partial charge < -0.3 is 9.47 Å². The lowest BCUT2D eigenvalue weighted by atomic mass is 9.33. The molecule has 0 saturated heterocycles. The van der Waals surface area contributed by atoms with Gasteiger partial charge in [0.15, 0.2) is 0 Å². The zero-order valence-electron chi connectivity index (χ0n) is 39.7. The number of benzene rings is 11. The van der Waals surface area contributed by atoms with Gasteiger partial charge >= 0.3 is 0 Å². The summed E-state index contributed by atoms with van der Waals surface area (Å²) >= 11 is 0. The Kier molecular flexibility index (Phi) is 5.71. The number of rotatable bonds is 2. The zero-order valence-corrected chi connectivity index (χ0v) is 33.7. The van der Waals surface area contributed by atoms with Crippen molar-refractivity contribution in [2.24, 2.45) is 7.05 Å². The van der Waals surface area contributed by atoms with Crippen molar-refractivity contribution in [3.8, 4) is 0 Å².